The minimum absolute atomic E-state index is 0.00825. The van der Waals surface area contributed by atoms with Crippen molar-refractivity contribution in [2.75, 3.05) is 20.3 Å². The quantitative estimate of drug-likeness (QED) is 0.455. The summed E-state index contributed by atoms with van der Waals surface area (Å²) in [4.78, 5) is 13.1. The van der Waals surface area contributed by atoms with Crippen LogP contribution in [0.3, 0.4) is 0 Å². The van der Waals surface area contributed by atoms with Crippen LogP contribution < -0.4 is 4.74 Å². The second-order valence-corrected chi connectivity index (χ2v) is 15.9. The number of Topliss-reactive ketones (excluding diaryl/α,β-unsaturated/α-hetero) is 1. The fraction of sp³-hybridized carbons (Fsp3) is 0.731. The molecule has 1 heterocycles. The van der Waals surface area contributed by atoms with Gasteiger partial charge in [0.1, 0.15) is 11.5 Å². The van der Waals surface area contributed by atoms with Crippen molar-refractivity contribution in [2.24, 2.45) is 17.8 Å². The van der Waals surface area contributed by atoms with Crippen molar-refractivity contribution in [2.45, 2.75) is 84.6 Å². The zero-order chi connectivity index (χ0) is 25.0. The third-order valence-electron chi connectivity index (χ3n) is 7.32. The van der Waals surface area contributed by atoms with E-state index in [1.807, 2.05) is 45.0 Å². The van der Waals surface area contributed by atoms with E-state index in [1.165, 1.54) is 0 Å². The summed E-state index contributed by atoms with van der Waals surface area (Å²) < 4.78 is 23.6. The molecule has 1 fully saturated rings. The van der Waals surface area contributed by atoms with Crippen molar-refractivity contribution in [3.63, 3.8) is 0 Å². The minimum Gasteiger partial charge on any atom is -0.497 e. The van der Waals surface area contributed by atoms with Crippen LogP contribution in [0.25, 0.3) is 0 Å². The number of ketones is 1. The van der Waals surface area contributed by atoms with E-state index in [0.29, 0.717) is 13.2 Å². The highest BCUT2D eigenvalue weighted by atomic mass is 28.4. The number of rotatable bonds is 10. The van der Waals surface area contributed by atoms with E-state index in [-0.39, 0.29) is 41.1 Å². The fourth-order valence-electron chi connectivity index (χ4n) is 3.64. The van der Waals surface area contributed by atoms with Gasteiger partial charge in [0.05, 0.1) is 25.9 Å². The molecule has 7 heteroatoms. The molecule has 1 N–H and O–H groups in total. The van der Waals surface area contributed by atoms with E-state index >= 15 is 0 Å². The van der Waals surface area contributed by atoms with E-state index in [9.17, 15) is 9.90 Å². The number of aliphatic hydroxyl groups is 1. The molecule has 1 aromatic carbocycles. The summed E-state index contributed by atoms with van der Waals surface area (Å²) in [7, 11) is -0.268. The molecule has 6 atom stereocenters. The van der Waals surface area contributed by atoms with Crippen LogP contribution in [0.4, 0.5) is 0 Å². The van der Waals surface area contributed by atoms with Gasteiger partial charge in [-0.3, -0.25) is 4.79 Å². The number of ether oxygens (including phenoxy) is 3. The largest absolute Gasteiger partial charge is 0.497 e. The highest BCUT2D eigenvalue weighted by Gasteiger charge is 2.39. The molecule has 0 unspecified atom stereocenters. The van der Waals surface area contributed by atoms with Gasteiger partial charge in [0.15, 0.2) is 14.6 Å². The molecule has 6 nitrogen and oxygen atoms in total. The van der Waals surface area contributed by atoms with E-state index in [0.717, 1.165) is 11.3 Å². The molecule has 0 bridgehead atoms. The Bertz CT molecular complexity index is 757. The molecule has 0 amide bonds. The molecule has 1 aliphatic rings. The number of aliphatic hydroxyl groups excluding tert-OH is 1. The lowest BCUT2D eigenvalue weighted by Crippen LogP contribution is -2.44. The number of carbonyl (C=O) groups excluding carboxylic acids is 1. The lowest BCUT2D eigenvalue weighted by molar-refractivity contribution is -0.248. The van der Waals surface area contributed by atoms with Crippen molar-refractivity contribution in [1.82, 2.24) is 0 Å². The number of methoxy groups -OCH3 is 1. The zero-order valence-electron chi connectivity index (χ0n) is 21.9. The van der Waals surface area contributed by atoms with Crippen LogP contribution in [0.15, 0.2) is 24.3 Å². The molecule has 188 valence electrons. The van der Waals surface area contributed by atoms with Gasteiger partial charge in [0.2, 0.25) is 0 Å². The van der Waals surface area contributed by atoms with E-state index < -0.39 is 20.7 Å². The second kappa shape index (κ2) is 11.4. The van der Waals surface area contributed by atoms with Crippen molar-refractivity contribution in [1.29, 1.82) is 0 Å². The van der Waals surface area contributed by atoms with Crippen LogP contribution in [-0.4, -0.2) is 51.7 Å². The van der Waals surface area contributed by atoms with Crippen LogP contribution in [0.5, 0.6) is 5.75 Å². The standard InChI is InChI=1S/C26H44O6Si/c1-17(16-31-33(8,9)26(4,5)6)22(27)14-23(28)19(3)24-18(2)15-30-25(32-24)20-10-12-21(29-7)13-11-20/h10-13,17-19,22,24-25,27H,14-16H2,1-9H3/t17-,18-,19-,22+,24-,25-/m0/s1. The summed E-state index contributed by atoms with van der Waals surface area (Å²) in [5.74, 6) is 0.399. The Morgan fingerprint density at radius 3 is 2.36 bits per heavy atom. The average molecular weight is 481 g/mol. The molecule has 2 rings (SSSR count). The Kier molecular flexibility index (Phi) is 9.71. The Morgan fingerprint density at radius 1 is 1.21 bits per heavy atom. The van der Waals surface area contributed by atoms with E-state index in [2.05, 4.69) is 33.9 Å². The van der Waals surface area contributed by atoms with Crippen LogP contribution in [-0.2, 0) is 18.7 Å². The first-order chi connectivity index (χ1) is 15.3. The monoisotopic (exact) mass is 480 g/mol. The van der Waals surface area contributed by atoms with Gasteiger partial charge in [-0.05, 0) is 30.3 Å². The highest BCUT2D eigenvalue weighted by molar-refractivity contribution is 6.74. The van der Waals surface area contributed by atoms with Crippen molar-refractivity contribution in [3.05, 3.63) is 29.8 Å². The summed E-state index contributed by atoms with van der Waals surface area (Å²) >= 11 is 0. The summed E-state index contributed by atoms with van der Waals surface area (Å²) in [6.45, 7) is 17.8. The summed E-state index contributed by atoms with van der Waals surface area (Å²) in [5, 5.41) is 10.8. The maximum atomic E-state index is 13.1. The van der Waals surface area contributed by atoms with Gasteiger partial charge in [-0.1, -0.05) is 53.7 Å². The Labute approximate surface area is 201 Å². The van der Waals surface area contributed by atoms with Crippen molar-refractivity contribution < 1.29 is 28.5 Å². The van der Waals surface area contributed by atoms with Gasteiger partial charge in [-0.25, -0.2) is 0 Å². The molecular formula is C26H44O6Si. The number of benzene rings is 1. The molecule has 0 spiro atoms. The molecule has 1 saturated heterocycles. The molecule has 0 radical (unpaired) electrons. The zero-order valence-corrected chi connectivity index (χ0v) is 22.9. The van der Waals surface area contributed by atoms with Gasteiger partial charge >= 0.3 is 0 Å². The third-order valence-corrected chi connectivity index (χ3v) is 11.8. The second-order valence-electron chi connectivity index (χ2n) is 11.1. The lowest BCUT2D eigenvalue weighted by atomic mass is 9.86. The Balaban J connectivity index is 1.94. The average Bonchev–Trinajstić information content (AvgIpc) is 2.76. The van der Waals surface area contributed by atoms with Crippen LogP contribution in [0.1, 0.15) is 59.8 Å². The van der Waals surface area contributed by atoms with E-state index in [4.69, 9.17) is 18.6 Å². The first kappa shape index (κ1) is 28.0. The number of carbonyl (C=O) groups is 1. The lowest BCUT2D eigenvalue weighted by Gasteiger charge is -2.38. The molecule has 0 saturated carbocycles. The number of hydrogen-bond acceptors (Lipinski definition) is 6. The smallest absolute Gasteiger partial charge is 0.191 e. The van der Waals surface area contributed by atoms with Crippen LogP contribution in [0, 0.1) is 17.8 Å². The van der Waals surface area contributed by atoms with Gasteiger partial charge in [0, 0.05) is 36.3 Å². The van der Waals surface area contributed by atoms with Crippen LogP contribution >= 0.6 is 0 Å². The SMILES string of the molecule is COc1ccc([C@H]2OC[C@H](C)[C@@H]([C@@H](C)C(=O)C[C@@H](O)[C@@H](C)CO[Si](C)(C)C(C)(C)C)O2)cc1. The molecule has 0 aliphatic carbocycles. The summed E-state index contributed by atoms with van der Waals surface area (Å²) in [6, 6.07) is 7.56. The minimum atomic E-state index is -1.90. The predicted octanol–water partition coefficient (Wildman–Crippen LogP) is 5.36. The number of hydrogen-bond donors (Lipinski definition) is 1. The first-order valence-electron chi connectivity index (χ1n) is 12.0. The van der Waals surface area contributed by atoms with Crippen LogP contribution in [0.2, 0.25) is 18.1 Å². The van der Waals surface area contributed by atoms with Gasteiger partial charge in [0.25, 0.3) is 0 Å². The summed E-state index contributed by atoms with van der Waals surface area (Å²) in [5.41, 5.74) is 0.892. The first-order valence-corrected chi connectivity index (χ1v) is 14.9. The highest BCUT2D eigenvalue weighted by Crippen LogP contribution is 2.37. The van der Waals surface area contributed by atoms with Gasteiger partial charge in [-0.2, -0.15) is 0 Å². The third kappa shape index (κ3) is 7.36. The maximum Gasteiger partial charge on any atom is 0.191 e. The molecule has 33 heavy (non-hydrogen) atoms. The fourth-order valence-corrected chi connectivity index (χ4v) is 4.75. The topological polar surface area (TPSA) is 74.2 Å². The predicted molar refractivity (Wildman–Crippen MR) is 133 cm³/mol. The van der Waals surface area contributed by atoms with Crippen molar-refractivity contribution in [3.8, 4) is 5.75 Å². The Morgan fingerprint density at radius 2 is 1.82 bits per heavy atom. The van der Waals surface area contributed by atoms with E-state index in [1.54, 1.807) is 7.11 Å². The molecule has 1 aliphatic heterocycles. The maximum absolute atomic E-state index is 13.1. The Hall–Kier alpha value is -1.25. The van der Waals surface area contributed by atoms with Gasteiger partial charge in [-0.15, -0.1) is 0 Å². The molecule has 1 aromatic rings. The normalized spacial score (nSPS) is 24.7. The summed E-state index contributed by atoms with van der Waals surface area (Å²) in [6.07, 6.45) is -1.43. The van der Waals surface area contributed by atoms with Gasteiger partial charge < -0.3 is 23.7 Å². The molecular weight excluding hydrogens is 436 g/mol. The van der Waals surface area contributed by atoms with Crippen molar-refractivity contribution >= 4 is 14.1 Å². The molecule has 0 aromatic heterocycles.